The van der Waals surface area contributed by atoms with Gasteiger partial charge in [-0.15, -0.1) is 0 Å². The van der Waals surface area contributed by atoms with E-state index >= 15 is 0 Å². The van der Waals surface area contributed by atoms with Crippen LogP contribution >= 0.6 is 11.3 Å². The molecule has 2 heterocycles. The Balaban J connectivity index is 1.45. The van der Waals surface area contributed by atoms with E-state index in [4.69, 9.17) is 14.5 Å². The van der Waals surface area contributed by atoms with E-state index in [1.807, 2.05) is 86.6 Å². The number of Topliss-reactive ketones (excluding diaryl/α,β-unsaturated/α-hetero) is 1. The summed E-state index contributed by atoms with van der Waals surface area (Å²) in [7, 11) is 1.59. The topological polar surface area (TPSA) is 89.0 Å². The maximum Gasteiger partial charge on any atom is 0.301 e. The van der Waals surface area contributed by atoms with Crippen molar-refractivity contribution >= 4 is 44.1 Å². The van der Waals surface area contributed by atoms with Crippen LogP contribution in [0.15, 0.2) is 96.6 Å². The van der Waals surface area contributed by atoms with Crippen LogP contribution in [0, 0.1) is 13.8 Å². The Labute approximate surface area is 247 Å². The third-order valence-electron chi connectivity index (χ3n) is 7.33. The lowest BCUT2D eigenvalue weighted by molar-refractivity contribution is -0.132. The van der Waals surface area contributed by atoms with Gasteiger partial charge < -0.3 is 14.6 Å². The van der Waals surface area contributed by atoms with E-state index in [0.717, 1.165) is 21.4 Å². The standard InChI is InChI=1S/C34H28N2O5S/c1-20-9-10-21(2)26(17-20)31(37)29-30(23-11-13-24(14-12-23)41-19-22-7-5-4-6-8-22)36(33(39)32(29)38)34-35-27-16-15-25(40-3)18-28(27)42-34/h4-18,30,37H,19H2,1-3H3. The summed E-state index contributed by atoms with van der Waals surface area (Å²) in [6.45, 7) is 4.18. The predicted octanol–water partition coefficient (Wildman–Crippen LogP) is 7.13. The van der Waals surface area contributed by atoms with Crippen LogP contribution in [0.25, 0.3) is 16.0 Å². The van der Waals surface area contributed by atoms with Crippen LogP contribution in [0.2, 0.25) is 0 Å². The molecule has 210 valence electrons. The van der Waals surface area contributed by atoms with Crippen molar-refractivity contribution in [1.29, 1.82) is 0 Å². The van der Waals surface area contributed by atoms with E-state index in [-0.39, 0.29) is 11.3 Å². The average molecular weight is 577 g/mol. The molecule has 1 aliphatic heterocycles. The van der Waals surface area contributed by atoms with Gasteiger partial charge in [-0.05, 0) is 66.9 Å². The molecule has 8 heteroatoms. The van der Waals surface area contributed by atoms with Crippen molar-refractivity contribution in [2.75, 3.05) is 12.0 Å². The van der Waals surface area contributed by atoms with Crippen molar-refractivity contribution in [2.45, 2.75) is 26.5 Å². The van der Waals surface area contributed by atoms with Crippen LogP contribution in [0.4, 0.5) is 5.13 Å². The fraction of sp³-hybridized carbons (Fsp3) is 0.147. The molecule has 6 rings (SSSR count). The zero-order valence-electron chi connectivity index (χ0n) is 23.3. The molecule has 1 unspecified atom stereocenters. The van der Waals surface area contributed by atoms with Crippen molar-refractivity contribution < 1.29 is 24.2 Å². The number of fused-ring (bicyclic) bond motifs is 1. The molecule has 4 aromatic carbocycles. The first-order valence-electron chi connectivity index (χ1n) is 13.4. The monoisotopic (exact) mass is 576 g/mol. The van der Waals surface area contributed by atoms with Gasteiger partial charge in [0.1, 0.15) is 23.9 Å². The molecule has 0 radical (unpaired) electrons. The summed E-state index contributed by atoms with van der Waals surface area (Å²) >= 11 is 1.29. The second-order valence-corrected chi connectivity index (χ2v) is 11.2. The van der Waals surface area contributed by atoms with Crippen LogP contribution in [0.3, 0.4) is 0 Å². The number of aromatic nitrogens is 1. The van der Waals surface area contributed by atoms with E-state index < -0.39 is 17.7 Å². The predicted molar refractivity (Wildman–Crippen MR) is 164 cm³/mol. The van der Waals surface area contributed by atoms with Gasteiger partial charge >= 0.3 is 5.91 Å². The Kier molecular flexibility index (Phi) is 7.22. The zero-order chi connectivity index (χ0) is 29.4. The summed E-state index contributed by atoms with van der Waals surface area (Å²) in [5.74, 6) is -0.422. The van der Waals surface area contributed by atoms with Crippen LogP contribution in [-0.4, -0.2) is 28.9 Å². The summed E-state index contributed by atoms with van der Waals surface area (Å²) < 4.78 is 12.1. The fourth-order valence-corrected chi connectivity index (χ4v) is 6.11. The maximum atomic E-state index is 13.7. The van der Waals surface area contributed by atoms with Crippen molar-refractivity contribution in [3.63, 3.8) is 0 Å². The fourth-order valence-electron chi connectivity index (χ4n) is 5.09. The highest BCUT2D eigenvalue weighted by Gasteiger charge is 2.48. The first-order valence-corrected chi connectivity index (χ1v) is 14.3. The molecule has 42 heavy (non-hydrogen) atoms. The number of hydrogen-bond donors (Lipinski definition) is 1. The Morgan fingerprint density at radius 1 is 0.929 bits per heavy atom. The van der Waals surface area contributed by atoms with Crippen LogP contribution in [0.1, 0.15) is 33.9 Å². The Hall–Kier alpha value is -4.95. The second-order valence-electron chi connectivity index (χ2n) is 10.2. The average Bonchev–Trinajstić information content (AvgIpc) is 3.55. The van der Waals surface area contributed by atoms with Gasteiger partial charge in [0.05, 0.1) is 28.9 Å². The van der Waals surface area contributed by atoms with Gasteiger partial charge in [-0.2, -0.15) is 0 Å². The highest BCUT2D eigenvalue weighted by Crippen LogP contribution is 2.45. The van der Waals surface area contributed by atoms with E-state index in [0.29, 0.717) is 39.9 Å². The molecule has 1 amide bonds. The number of benzene rings is 4. The first kappa shape index (κ1) is 27.2. The number of carbonyl (C=O) groups excluding carboxylic acids is 2. The minimum Gasteiger partial charge on any atom is -0.507 e. The van der Waals surface area contributed by atoms with E-state index in [1.54, 1.807) is 25.3 Å². The molecule has 7 nitrogen and oxygen atoms in total. The lowest BCUT2D eigenvalue weighted by atomic mass is 9.93. The summed E-state index contributed by atoms with van der Waals surface area (Å²) in [5, 5.41) is 12.0. The molecule has 1 N–H and O–H groups in total. The van der Waals surface area contributed by atoms with Crippen LogP contribution < -0.4 is 14.4 Å². The maximum absolute atomic E-state index is 13.7. The zero-order valence-corrected chi connectivity index (χ0v) is 24.1. The van der Waals surface area contributed by atoms with Crippen LogP contribution in [0.5, 0.6) is 11.5 Å². The number of aryl methyl sites for hydroxylation is 2. The number of hydrogen-bond acceptors (Lipinski definition) is 7. The SMILES string of the molecule is COc1ccc2nc(N3C(=O)C(=O)C(=C(O)c4cc(C)ccc4C)C3c3ccc(OCc4ccccc4)cc3)sc2c1. The number of ketones is 1. The van der Waals surface area contributed by atoms with Gasteiger partial charge in [0.25, 0.3) is 5.78 Å². The third-order valence-corrected chi connectivity index (χ3v) is 8.34. The summed E-state index contributed by atoms with van der Waals surface area (Å²) in [6.07, 6.45) is 0. The lowest BCUT2D eigenvalue weighted by Gasteiger charge is -2.23. The third kappa shape index (κ3) is 5.01. The van der Waals surface area contributed by atoms with Crippen molar-refractivity contribution in [2.24, 2.45) is 0 Å². The minimum absolute atomic E-state index is 0.0171. The molecule has 1 atom stereocenters. The highest BCUT2D eigenvalue weighted by atomic mass is 32.1. The molecule has 0 spiro atoms. The quantitative estimate of drug-likeness (QED) is 0.126. The van der Waals surface area contributed by atoms with Gasteiger partial charge in [-0.25, -0.2) is 4.98 Å². The number of amides is 1. The highest BCUT2D eigenvalue weighted by molar-refractivity contribution is 7.22. The molecule has 0 aliphatic carbocycles. The number of rotatable bonds is 7. The van der Waals surface area contributed by atoms with Gasteiger partial charge in [0, 0.05) is 5.56 Å². The molecule has 1 aliphatic rings. The van der Waals surface area contributed by atoms with Crippen molar-refractivity contribution in [3.05, 3.63) is 124 Å². The molecular formula is C34H28N2O5S. The Bertz CT molecular complexity index is 1840. The van der Waals surface area contributed by atoms with Crippen molar-refractivity contribution in [3.8, 4) is 11.5 Å². The van der Waals surface area contributed by atoms with Gasteiger partial charge in [-0.3, -0.25) is 14.5 Å². The normalized spacial score (nSPS) is 16.3. The molecule has 0 saturated carbocycles. The van der Waals surface area contributed by atoms with Gasteiger partial charge in [0.2, 0.25) is 0 Å². The summed E-state index contributed by atoms with van der Waals surface area (Å²) in [5.41, 5.74) is 4.60. The van der Waals surface area contributed by atoms with E-state index in [9.17, 15) is 14.7 Å². The number of ether oxygens (including phenoxy) is 2. The molecular weight excluding hydrogens is 548 g/mol. The number of methoxy groups -OCH3 is 1. The second kappa shape index (κ2) is 11.1. The summed E-state index contributed by atoms with van der Waals surface area (Å²) in [6, 6.07) is 27.3. The van der Waals surface area contributed by atoms with Gasteiger partial charge in [0.15, 0.2) is 5.13 Å². The number of aliphatic hydroxyl groups is 1. The molecule has 1 aromatic heterocycles. The minimum atomic E-state index is -0.893. The largest absolute Gasteiger partial charge is 0.507 e. The lowest BCUT2D eigenvalue weighted by Crippen LogP contribution is -2.29. The number of aliphatic hydroxyl groups excluding tert-OH is 1. The Morgan fingerprint density at radius 3 is 2.40 bits per heavy atom. The molecule has 1 saturated heterocycles. The van der Waals surface area contributed by atoms with Crippen LogP contribution in [-0.2, 0) is 16.2 Å². The number of nitrogens with zero attached hydrogens (tertiary/aromatic N) is 2. The van der Waals surface area contributed by atoms with Gasteiger partial charge in [-0.1, -0.05) is 71.5 Å². The first-order chi connectivity index (χ1) is 20.3. The summed E-state index contributed by atoms with van der Waals surface area (Å²) in [4.78, 5) is 33.4. The number of anilines is 1. The molecule has 5 aromatic rings. The smallest absolute Gasteiger partial charge is 0.301 e. The van der Waals surface area contributed by atoms with E-state index in [1.165, 1.54) is 16.2 Å². The molecule has 1 fully saturated rings. The number of carbonyl (C=O) groups is 2. The van der Waals surface area contributed by atoms with Crippen molar-refractivity contribution in [1.82, 2.24) is 4.98 Å². The number of thiazole rings is 1. The Morgan fingerprint density at radius 2 is 1.67 bits per heavy atom. The van der Waals surface area contributed by atoms with E-state index in [2.05, 4.69) is 0 Å². The molecule has 0 bridgehead atoms.